The third-order valence-corrected chi connectivity index (χ3v) is 8.10. The van der Waals surface area contributed by atoms with Crippen molar-refractivity contribution in [1.82, 2.24) is 10.4 Å². The van der Waals surface area contributed by atoms with Crippen LogP contribution in [0.25, 0.3) is 0 Å². The van der Waals surface area contributed by atoms with Gasteiger partial charge in [-0.25, -0.2) is 23.0 Å². The van der Waals surface area contributed by atoms with Gasteiger partial charge in [-0.2, -0.15) is 0 Å². The van der Waals surface area contributed by atoms with Crippen LogP contribution < -0.4 is 10.2 Å². The van der Waals surface area contributed by atoms with E-state index in [0.29, 0.717) is 12.0 Å². The van der Waals surface area contributed by atoms with E-state index in [2.05, 4.69) is 5.43 Å². The van der Waals surface area contributed by atoms with Crippen molar-refractivity contribution in [3.8, 4) is 5.75 Å². The first-order chi connectivity index (χ1) is 20.9. The standard InChI is InChI=1S/C30H48N2O10S/c1-10-39-24(33)19-41-23-15-12-14-22(18-23)30(8,26(35)31-32(9)27(36)42-28(3,4)5)17-13-16-29(6,7)21-43(37,38)20-25(34)40-11-2/h12,14-15,18H,10-11,13,16-17,19-21H2,1-9H3,(H,31,35)/i9D3. The summed E-state index contributed by atoms with van der Waals surface area (Å²) in [4.78, 5) is 50.4. The zero-order valence-corrected chi connectivity index (χ0v) is 27.2. The minimum Gasteiger partial charge on any atom is -0.482 e. The molecule has 1 atom stereocenters. The van der Waals surface area contributed by atoms with Crippen LogP contribution in [-0.2, 0) is 43.8 Å². The Labute approximate surface area is 259 Å². The first-order valence-corrected chi connectivity index (χ1v) is 15.9. The molecular weight excluding hydrogens is 580 g/mol. The number of amides is 2. The molecule has 0 bridgehead atoms. The second-order valence-corrected chi connectivity index (χ2v) is 14.1. The van der Waals surface area contributed by atoms with Gasteiger partial charge < -0.3 is 18.9 Å². The Morgan fingerprint density at radius 1 is 0.953 bits per heavy atom. The lowest BCUT2D eigenvalue weighted by Gasteiger charge is -2.33. The van der Waals surface area contributed by atoms with Crippen molar-refractivity contribution in [2.45, 2.75) is 85.7 Å². The van der Waals surface area contributed by atoms with Gasteiger partial charge in [0.05, 0.1) is 24.4 Å². The Morgan fingerprint density at radius 3 is 2.16 bits per heavy atom. The van der Waals surface area contributed by atoms with Crippen LogP contribution in [-0.4, -0.2) is 81.3 Å². The van der Waals surface area contributed by atoms with Crippen LogP contribution in [0.2, 0.25) is 0 Å². The lowest BCUT2D eigenvalue weighted by Crippen LogP contribution is -2.52. The number of carbonyl (C=O) groups is 4. The number of hydrazine groups is 1. The molecule has 2 amide bonds. The lowest BCUT2D eigenvalue weighted by molar-refractivity contribution is -0.145. The molecule has 0 aliphatic carbocycles. The van der Waals surface area contributed by atoms with Gasteiger partial charge in [-0.3, -0.25) is 15.0 Å². The molecule has 43 heavy (non-hydrogen) atoms. The molecule has 0 aromatic heterocycles. The first kappa shape index (κ1) is 32.6. The maximum Gasteiger partial charge on any atom is 0.428 e. The van der Waals surface area contributed by atoms with E-state index in [-0.39, 0.29) is 49.2 Å². The molecule has 1 rings (SSSR count). The number of hydrogen-bond acceptors (Lipinski definition) is 10. The molecule has 0 heterocycles. The van der Waals surface area contributed by atoms with E-state index in [1.165, 1.54) is 6.07 Å². The number of ether oxygens (including phenoxy) is 4. The topological polar surface area (TPSA) is 155 Å². The van der Waals surface area contributed by atoms with Crippen LogP contribution in [0, 0.1) is 5.41 Å². The third-order valence-electron chi connectivity index (χ3n) is 6.21. The van der Waals surface area contributed by atoms with Crippen molar-refractivity contribution in [3.05, 3.63) is 29.8 Å². The molecule has 0 saturated heterocycles. The summed E-state index contributed by atoms with van der Waals surface area (Å²) in [6.07, 6.45) is -0.640. The molecule has 1 aromatic carbocycles. The lowest BCUT2D eigenvalue weighted by atomic mass is 9.75. The normalized spacial score (nSPS) is 14.7. The summed E-state index contributed by atoms with van der Waals surface area (Å²) in [5, 5.41) is 0.159. The maximum absolute atomic E-state index is 13.9. The second-order valence-electron chi connectivity index (χ2n) is 12.1. The molecule has 1 unspecified atom stereocenters. The molecule has 0 aliphatic heterocycles. The van der Waals surface area contributed by atoms with Crippen LogP contribution in [0.5, 0.6) is 5.75 Å². The number of sulfone groups is 1. The van der Waals surface area contributed by atoms with Crippen LogP contribution >= 0.6 is 0 Å². The predicted molar refractivity (Wildman–Crippen MR) is 161 cm³/mol. The second kappa shape index (κ2) is 15.9. The number of carbonyl (C=O) groups excluding carboxylic acids is 4. The van der Waals surface area contributed by atoms with Crippen LogP contribution in [0.1, 0.15) is 84.3 Å². The van der Waals surface area contributed by atoms with Gasteiger partial charge in [0.1, 0.15) is 17.1 Å². The van der Waals surface area contributed by atoms with Gasteiger partial charge in [-0.1, -0.05) is 32.4 Å². The Kier molecular flexibility index (Phi) is 12.1. The largest absolute Gasteiger partial charge is 0.482 e. The molecule has 0 radical (unpaired) electrons. The molecule has 1 aromatic rings. The zero-order chi connectivity index (χ0) is 35.6. The average molecular weight is 632 g/mol. The Hall–Kier alpha value is -3.35. The molecule has 0 spiro atoms. The van der Waals surface area contributed by atoms with Gasteiger partial charge in [0, 0.05) is 11.1 Å². The molecular formula is C30H48N2O10S. The van der Waals surface area contributed by atoms with E-state index in [4.69, 9.17) is 23.1 Å². The molecule has 0 saturated carbocycles. The fourth-order valence-electron chi connectivity index (χ4n) is 4.26. The van der Waals surface area contributed by atoms with Crippen molar-refractivity contribution in [2.24, 2.45) is 5.41 Å². The summed E-state index contributed by atoms with van der Waals surface area (Å²) in [6.45, 7) is 9.59. The number of esters is 2. The summed E-state index contributed by atoms with van der Waals surface area (Å²) < 4.78 is 69.3. The van der Waals surface area contributed by atoms with Crippen LogP contribution in [0.15, 0.2) is 24.3 Å². The minimum absolute atomic E-state index is 0.0561. The molecule has 13 heteroatoms. The monoisotopic (exact) mass is 631 g/mol. The van der Waals surface area contributed by atoms with E-state index in [1.807, 2.05) is 0 Å². The summed E-state index contributed by atoms with van der Waals surface area (Å²) >= 11 is 0. The van der Waals surface area contributed by atoms with Gasteiger partial charge in [-0.15, -0.1) is 0 Å². The van der Waals surface area contributed by atoms with Crippen LogP contribution in [0.4, 0.5) is 4.79 Å². The number of benzene rings is 1. The average Bonchev–Trinajstić information content (AvgIpc) is 2.87. The van der Waals surface area contributed by atoms with E-state index >= 15 is 0 Å². The number of nitrogens with zero attached hydrogens (tertiary/aromatic N) is 1. The van der Waals surface area contributed by atoms with Gasteiger partial charge in [0.25, 0.3) is 0 Å². The highest BCUT2D eigenvalue weighted by Gasteiger charge is 2.38. The van der Waals surface area contributed by atoms with E-state index in [0.717, 1.165) is 0 Å². The fraction of sp³-hybridized carbons (Fsp3) is 0.667. The summed E-state index contributed by atoms with van der Waals surface area (Å²) in [6, 6.07) is 6.27. The zero-order valence-electron chi connectivity index (χ0n) is 29.4. The smallest absolute Gasteiger partial charge is 0.428 e. The molecule has 0 fully saturated rings. The van der Waals surface area contributed by atoms with Crippen molar-refractivity contribution >= 4 is 33.8 Å². The highest BCUT2D eigenvalue weighted by atomic mass is 32.2. The maximum atomic E-state index is 13.9. The summed E-state index contributed by atoms with van der Waals surface area (Å²) in [7, 11) is -3.80. The molecule has 1 N–H and O–H groups in total. The molecule has 0 aliphatic rings. The van der Waals surface area contributed by atoms with Crippen molar-refractivity contribution in [1.29, 1.82) is 0 Å². The van der Waals surface area contributed by atoms with Gasteiger partial charge in [0.2, 0.25) is 5.91 Å². The predicted octanol–water partition coefficient (Wildman–Crippen LogP) is 3.96. The van der Waals surface area contributed by atoms with Gasteiger partial charge >= 0.3 is 18.0 Å². The highest BCUT2D eigenvalue weighted by Crippen LogP contribution is 2.35. The Bertz CT molecular complexity index is 1330. The molecule has 244 valence electrons. The first-order valence-electron chi connectivity index (χ1n) is 15.5. The summed E-state index contributed by atoms with van der Waals surface area (Å²) in [5.74, 6) is -3.13. The quantitative estimate of drug-likeness (QED) is 0.171. The molecule has 12 nitrogen and oxygen atoms in total. The number of rotatable bonds is 15. The van der Waals surface area contributed by atoms with E-state index < -0.39 is 62.9 Å². The Balaban J connectivity index is 3.39. The summed E-state index contributed by atoms with van der Waals surface area (Å²) in [5.41, 5.74) is -0.771. The van der Waals surface area contributed by atoms with Crippen LogP contribution in [0.3, 0.4) is 0 Å². The van der Waals surface area contributed by atoms with E-state index in [1.54, 1.807) is 73.6 Å². The minimum atomic E-state index is -3.80. The van der Waals surface area contributed by atoms with Gasteiger partial charge in [0.15, 0.2) is 16.4 Å². The van der Waals surface area contributed by atoms with Crippen molar-refractivity contribution < 1.29 is 50.7 Å². The van der Waals surface area contributed by atoms with Gasteiger partial charge in [-0.05, 0) is 77.5 Å². The van der Waals surface area contributed by atoms with E-state index in [9.17, 15) is 27.6 Å². The fourth-order valence-corrected chi connectivity index (χ4v) is 6.14. The number of nitrogens with one attached hydrogen (secondary N) is 1. The Morgan fingerprint density at radius 2 is 1.58 bits per heavy atom. The third kappa shape index (κ3) is 13.7. The highest BCUT2D eigenvalue weighted by molar-refractivity contribution is 7.92. The van der Waals surface area contributed by atoms with Crippen molar-refractivity contribution in [2.75, 3.05) is 38.3 Å². The number of hydrogen-bond donors (Lipinski definition) is 1. The SMILES string of the molecule is [2H]C([2H])([2H])N(NC(=O)C(C)(CCCC(C)(C)CS(=O)(=O)CC(=O)OCC)c1cccc(OCC(=O)OCC)c1)C(=O)OC(C)(C)C. The van der Waals surface area contributed by atoms with Crippen molar-refractivity contribution in [3.63, 3.8) is 0 Å².